The van der Waals surface area contributed by atoms with Crippen molar-refractivity contribution in [2.24, 2.45) is 0 Å². The Morgan fingerprint density at radius 1 is 1.33 bits per heavy atom. The normalized spacial score (nSPS) is 11.6. The smallest absolute Gasteiger partial charge is 0.181 e. The molecular weight excluding hydrogens is 154 g/mol. The number of aliphatic hydroxyl groups is 1. The molecular formula is C9H11NO2. The molecule has 1 aromatic carbocycles. The number of hydrogen-bond donors (Lipinski definition) is 1. The maximum atomic E-state index is 10.9. The van der Waals surface area contributed by atoms with Gasteiger partial charge in [-0.25, -0.2) is 4.74 Å². The highest BCUT2D eigenvalue weighted by molar-refractivity contribution is 5.75. The van der Waals surface area contributed by atoms with Crippen LogP contribution in [0.3, 0.4) is 0 Å². The molecule has 0 aromatic heterocycles. The molecule has 0 spiro atoms. The van der Waals surface area contributed by atoms with Crippen molar-refractivity contribution >= 4 is 6.21 Å². The number of aliphatic hydroxyl groups excluding tert-OH is 1. The van der Waals surface area contributed by atoms with Crippen LogP contribution in [0, 0.1) is 5.21 Å². The molecule has 1 N–H and O–H groups in total. The van der Waals surface area contributed by atoms with E-state index >= 15 is 0 Å². The largest absolute Gasteiger partial charge is 0.624 e. The number of hydrogen-bond acceptors (Lipinski definition) is 2. The van der Waals surface area contributed by atoms with Crippen LogP contribution < -0.4 is 0 Å². The average Bonchev–Trinajstić information content (AvgIpc) is 2.06. The third-order valence-corrected chi connectivity index (χ3v) is 1.41. The van der Waals surface area contributed by atoms with E-state index in [1.807, 2.05) is 30.3 Å². The van der Waals surface area contributed by atoms with Gasteiger partial charge in [-0.15, -0.1) is 0 Å². The average molecular weight is 165 g/mol. The Labute approximate surface area is 71.2 Å². The fourth-order valence-corrected chi connectivity index (χ4v) is 0.868. The Morgan fingerprint density at radius 3 is 2.58 bits per heavy atom. The highest BCUT2D eigenvalue weighted by Crippen LogP contribution is 1.93. The molecule has 0 amide bonds. The zero-order chi connectivity index (χ0) is 8.81. The zero-order valence-corrected chi connectivity index (χ0v) is 6.68. The summed E-state index contributed by atoms with van der Waals surface area (Å²) in [4.78, 5) is 0. The van der Waals surface area contributed by atoms with Crippen molar-refractivity contribution in [1.82, 2.24) is 0 Å². The molecule has 0 unspecified atom stereocenters. The van der Waals surface area contributed by atoms with Gasteiger partial charge in [-0.05, 0) is 12.1 Å². The Kier molecular flexibility index (Phi) is 3.29. The molecule has 0 saturated carbocycles. The van der Waals surface area contributed by atoms with Gasteiger partial charge in [-0.1, -0.05) is 18.2 Å². The lowest BCUT2D eigenvalue weighted by Crippen LogP contribution is -2.10. The van der Waals surface area contributed by atoms with Gasteiger partial charge in [0.25, 0.3) is 0 Å². The molecule has 0 bridgehead atoms. The van der Waals surface area contributed by atoms with E-state index in [-0.39, 0.29) is 13.2 Å². The van der Waals surface area contributed by atoms with Crippen LogP contribution in [0.25, 0.3) is 0 Å². The van der Waals surface area contributed by atoms with Crippen molar-refractivity contribution in [3.8, 4) is 0 Å². The van der Waals surface area contributed by atoms with Gasteiger partial charge in [0.2, 0.25) is 0 Å². The minimum atomic E-state index is -0.118. The van der Waals surface area contributed by atoms with Gasteiger partial charge in [0.1, 0.15) is 6.61 Å². The molecule has 0 aliphatic rings. The fourth-order valence-electron chi connectivity index (χ4n) is 0.868. The Morgan fingerprint density at radius 2 is 2.00 bits per heavy atom. The maximum Gasteiger partial charge on any atom is 0.181 e. The van der Waals surface area contributed by atoms with Gasteiger partial charge in [-0.2, -0.15) is 0 Å². The van der Waals surface area contributed by atoms with E-state index in [0.29, 0.717) is 0 Å². The minimum absolute atomic E-state index is 0.118. The summed E-state index contributed by atoms with van der Waals surface area (Å²) in [5.74, 6) is 0. The first kappa shape index (κ1) is 8.74. The molecule has 0 atom stereocenters. The van der Waals surface area contributed by atoms with Gasteiger partial charge < -0.3 is 10.3 Å². The monoisotopic (exact) mass is 165 g/mol. The highest BCUT2D eigenvalue weighted by atomic mass is 16.5. The maximum absolute atomic E-state index is 10.9. The number of benzene rings is 1. The summed E-state index contributed by atoms with van der Waals surface area (Å²) in [7, 11) is 0. The molecule has 64 valence electrons. The van der Waals surface area contributed by atoms with E-state index < -0.39 is 0 Å². The second kappa shape index (κ2) is 4.51. The second-order valence-corrected chi connectivity index (χ2v) is 2.40. The van der Waals surface area contributed by atoms with Crippen LogP contribution in [0.2, 0.25) is 0 Å². The first-order valence-corrected chi connectivity index (χ1v) is 3.77. The first-order valence-electron chi connectivity index (χ1n) is 3.77. The zero-order valence-electron chi connectivity index (χ0n) is 6.68. The second-order valence-electron chi connectivity index (χ2n) is 2.40. The number of hydroxylamine groups is 1. The van der Waals surface area contributed by atoms with E-state index in [0.717, 1.165) is 10.3 Å². The third kappa shape index (κ3) is 2.72. The van der Waals surface area contributed by atoms with Crippen molar-refractivity contribution in [2.45, 2.75) is 0 Å². The molecule has 0 fully saturated rings. The molecule has 1 rings (SSSR count). The molecule has 0 aliphatic heterocycles. The molecule has 0 saturated heterocycles. The molecule has 0 heterocycles. The predicted octanol–water partition coefficient (Wildman–Crippen LogP) is 0.608. The summed E-state index contributed by atoms with van der Waals surface area (Å²) in [6.45, 7) is 0.00171. The lowest BCUT2D eigenvalue weighted by molar-refractivity contribution is -0.455. The summed E-state index contributed by atoms with van der Waals surface area (Å²) in [6, 6.07) is 9.28. The Hall–Kier alpha value is -1.35. The Bertz CT molecular complexity index is 256. The standard InChI is InChI=1S/C9H11NO2/c11-7-6-10(12)8-9-4-2-1-3-5-9/h1-5,8,11H,6-7H2. The van der Waals surface area contributed by atoms with Gasteiger partial charge >= 0.3 is 0 Å². The van der Waals surface area contributed by atoms with Crippen molar-refractivity contribution < 1.29 is 9.85 Å². The van der Waals surface area contributed by atoms with Crippen LogP contribution in [0.1, 0.15) is 5.56 Å². The van der Waals surface area contributed by atoms with Crippen molar-refractivity contribution in [3.63, 3.8) is 0 Å². The van der Waals surface area contributed by atoms with Gasteiger partial charge in [0, 0.05) is 5.56 Å². The van der Waals surface area contributed by atoms with Crippen LogP contribution in [0.4, 0.5) is 0 Å². The van der Waals surface area contributed by atoms with E-state index in [4.69, 9.17) is 5.11 Å². The van der Waals surface area contributed by atoms with Crippen molar-refractivity contribution in [1.29, 1.82) is 0 Å². The molecule has 0 aliphatic carbocycles. The molecule has 0 radical (unpaired) electrons. The fraction of sp³-hybridized carbons (Fsp3) is 0.222. The summed E-state index contributed by atoms with van der Waals surface area (Å²) in [6.07, 6.45) is 1.45. The predicted molar refractivity (Wildman–Crippen MR) is 47.2 cm³/mol. The van der Waals surface area contributed by atoms with Crippen LogP contribution in [0.5, 0.6) is 0 Å². The summed E-state index contributed by atoms with van der Waals surface area (Å²) >= 11 is 0. The summed E-state index contributed by atoms with van der Waals surface area (Å²) < 4.78 is 0.718. The molecule has 3 heteroatoms. The lowest BCUT2D eigenvalue weighted by Gasteiger charge is -2.00. The molecule has 3 nitrogen and oxygen atoms in total. The minimum Gasteiger partial charge on any atom is -0.624 e. The van der Waals surface area contributed by atoms with Crippen LogP contribution >= 0.6 is 0 Å². The van der Waals surface area contributed by atoms with Crippen LogP contribution in [-0.2, 0) is 0 Å². The van der Waals surface area contributed by atoms with Gasteiger partial charge in [0.15, 0.2) is 12.8 Å². The number of nitrogens with zero attached hydrogens (tertiary/aromatic N) is 1. The van der Waals surface area contributed by atoms with Crippen molar-refractivity contribution in [2.75, 3.05) is 13.2 Å². The highest BCUT2D eigenvalue weighted by Gasteiger charge is 1.92. The van der Waals surface area contributed by atoms with Crippen LogP contribution in [-0.4, -0.2) is 29.2 Å². The van der Waals surface area contributed by atoms with Gasteiger partial charge in [-0.3, -0.25) is 0 Å². The molecule has 1 aromatic rings. The third-order valence-electron chi connectivity index (χ3n) is 1.41. The number of rotatable bonds is 3. The summed E-state index contributed by atoms with van der Waals surface area (Å²) in [5, 5.41) is 19.4. The van der Waals surface area contributed by atoms with Crippen LogP contribution in [0.15, 0.2) is 30.3 Å². The Balaban J connectivity index is 2.67. The topological polar surface area (TPSA) is 46.3 Å². The first-order chi connectivity index (χ1) is 5.83. The van der Waals surface area contributed by atoms with E-state index in [1.165, 1.54) is 6.21 Å². The van der Waals surface area contributed by atoms with E-state index in [9.17, 15) is 5.21 Å². The van der Waals surface area contributed by atoms with E-state index in [2.05, 4.69) is 0 Å². The van der Waals surface area contributed by atoms with Crippen molar-refractivity contribution in [3.05, 3.63) is 41.1 Å². The SMILES string of the molecule is [O-][N+](=Cc1ccccc1)CCO. The van der Waals surface area contributed by atoms with E-state index in [1.54, 1.807) is 0 Å². The lowest BCUT2D eigenvalue weighted by atomic mass is 10.2. The summed E-state index contributed by atoms with van der Waals surface area (Å²) in [5.41, 5.74) is 0.848. The van der Waals surface area contributed by atoms with Gasteiger partial charge in [0.05, 0.1) is 0 Å². The quantitative estimate of drug-likeness (QED) is 0.308. The molecule has 12 heavy (non-hydrogen) atoms.